The summed E-state index contributed by atoms with van der Waals surface area (Å²) in [5.41, 5.74) is 1.33. The molecule has 0 saturated carbocycles. The maximum atomic E-state index is 5.54. The van der Waals surface area contributed by atoms with E-state index >= 15 is 0 Å². The highest BCUT2D eigenvalue weighted by molar-refractivity contribution is 7.27. The Morgan fingerprint density at radius 2 is 1.40 bits per heavy atom. The van der Waals surface area contributed by atoms with E-state index in [1.54, 1.807) is 0 Å². The second kappa shape index (κ2) is 6.61. The second-order valence-corrected chi connectivity index (χ2v) is 4.21. The Morgan fingerprint density at radius 3 is 1.73 bits per heavy atom. The predicted octanol–water partition coefficient (Wildman–Crippen LogP) is 3.84. The molecule has 0 nitrogen and oxygen atoms in total. The molecular formula is C13H14ClP. The van der Waals surface area contributed by atoms with Crippen LogP contribution in [0, 0.1) is 6.92 Å². The maximum Gasteiger partial charge on any atom is 0.0405 e. The van der Waals surface area contributed by atoms with Crippen molar-refractivity contribution < 1.29 is 0 Å². The summed E-state index contributed by atoms with van der Waals surface area (Å²) in [6.07, 6.45) is 0. The molecule has 2 heteroatoms. The molecular weight excluding hydrogens is 223 g/mol. The quantitative estimate of drug-likeness (QED) is 0.610. The Labute approximate surface area is 98.5 Å². The summed E-state index contributed by atoms with van der Waals surface area (Å²) in [7, 11) is 2.69. The van der Waals surface area contributed by atoms with Gasteiger partial charge in [0, 0.05) is 5.02 Å². The van der Waals surface area contributed by atoms with Gasteiger partial charge in [-0.05, 0) is 29.9 Å². The minimum Gasteiger partial charge on any atom is -0.105 e. The molecule has 0 N–H and O–H groups in total. The van der Waals surface area contributed by atoms with Crippen LogP contribution in [0.1, 0.15) is 5.56 Å². The van der Waals surface area contributed by atoms with Gasteiger partial charge in [0.05, 0.1) is 0 Å². The third kappa shape index (κ3) is 4.97. The highest BCUT2D eigenvalue weighted by Crippen LogP contribution is 2.03. The molecule has 15 heavy (non-hydrogen) atoms. The molecule has 0 aliphatic carbocycles. The van der Waals surface area contributed by atoms with Crippen LogP contribution in [0.4, 0.5) is 0 Å². The van der Waals surface area contributed by atoms with E-state index in [-0.39, 0.29) is 0 Å². The van der Waals surface area contributed by atoms with Gasteiger partial charge in [-0.25, -0.2) is 0 Å². The summed E-state index contributed by atoms with van der Waals surface area (Å²) >= 11 is 5.54. The number of rotatable bonds is 0. The molecule has 0 radical (unpaired) electrons. The zero-order chi connectivity index (χ0) is 11.1. The molecule has 0 heterocycles. The van der Waals surface area contributed by atoms with Crippen molar-refractivity contribution in [2.45, 2.75) is 6.92 Å². The van der Waals surface area contributed by atoms with E-state index in [4.69, 9.17) is 11.6 Å². The third-order valence-electron chi connectivity index (χ3n) is 1.92. The van der Waals surface area contributed by atoms with Gasteiger partial charge in [0.1, 0.15) is 0 Å². The Bertz CT molecular complexity index is 377. The largest absolute Gasteiger partial charge is 0.105 e. The van der Waals surface area contributed by atoms with Crippen molar-refractivity contribution in [1.29, 1.82) is 0 Å². The lowest BCUT2D eigenvalue weighted by molar-refractivity contribution is 1.52. The third-order valence-corrected chi connectivity index (χ3v) is 2.82. The summed E-state index contributed by atoms with van der Waals surface area (Å²) in [6, 6.07) is 17.7. The van der Waals surface area contributed by atoms with Gasteiger partial charge in [0.2, 0.25) is 0 Å². The Balaban J connectivity index is 0.000000151. The average molecular weight is 237 g/mol. The Hall–Kier alpha value is -0.840. The van der Waals surface area contributed by atoms with Crippen molar-refractivity contribution in [1.82, 2.24) is 0 Å². The van der Waals surface area contributed by atoms with Crippen LogP contribution in [0.15, 0.2) is 54.6 Å². The Kier molecular flexibility index (Phi) is 5.39. The van der Waals surface area contributed by atoms with E-state index in [0.717, 1.165) is 5.02 Å². The molecule has 2 aromatic carbocycles. The standard InChI is InChI=1S/C7H9P.C6H5Cl/c1-6-4-2-3-5-7(6)8;7-6-4-2-1-3-5-6/h2-5H,8H2,1H3;1-5H. The first-order chi connectivity index (χ1) is 7.20. The lowest BCUT2D eigenvalue weighted by atomic mass is 10.2. The van der Waals surface area contributed by atoms with Gasteiger partial charge in [-0.15, -0.1) is 9.24 Å². The molecule has 0 fully saturated rings. The van der Waals surface area contributed by atoms with Crippen LogP contribution in [0.3, 0.4) is 0 Å². The minimum atomic E-state index is 0.794. The number of benzene rings is 2. The van der Waals surface area contributed by atoms with Gasteiger partial charge in [-0.1, -0.05) is 54.1 Å². The highest BCUT2D eigenvalue weighted by Gasteiger charge is 1.84. The van der Waals surface area contributed by atoms with Crippen molar-refractivity contribution >= 4 is 26.1 Å². The summed E-state index contributed by atoms with van der Waals surface area (Å²) in [6.45, 7) is 2.10. The number of aryl methyl sites for hydroxylation is 1. The first kappa shape index (κ1) is 12.2. The molecule has 2 aromatic rings. The van der Waals surface area contributed by atoms with E-state index in [1.807, 2.05) is 42.5 Å². The van der Waals surface area contributed by atoms with Crippen LogP contribution < -0.4 is 5.30 Å². The predicted molar refractivity (Wildman–Crippen MR) is 72.0 cm³/mol. The van der Waals surface area contributed by atoms with Crippen molar-refractivity contribution in [2.24, 2.45) is 0 Å². The van der Waals surface area contributed by atoms with Crippen molar-refractivity contribution in [3.63, 3.8) is 0 Å². The zero-order valence-corrected chi connectivity index (χ0v) is 10.6. The van der Waals surface area contributed by atoms with Crippen LogP contribution >= 0.6 is 20.8 Å². The fourth-order valence-corrected chi connectivity index (χ4v) is 1.35. The van der Waals surface area contributed by atoms with Crippen LogP contribution in [0.25, 0.3) is 0 Å². The normalized spacial score (nSPS) is 9.00. The minimum absolute atomic E-state index is 0.794. The SMILES string of the molecule is Cc1ccccc1P.Clc1ccccc1. The molecule has 1 atom stereocenters. The molecule has 0 spiro atoms. The molecule has 0 aromatic heterocycles. The molecule has 0 aliphatic heterocycles. The monoisotopic (exact) mass is 236 g/mol. The molecule has 2 rings (SSSR count). The fourth-order valence-electron chi connectivity index (χ4n) is 1.00. The van der Waals surface area contributed by atoms with Crippen molar-refractivity contribution in [3.8, 4) is 0 Å². The fraction of sp³-hybridized carbons (Fsp3) is 0.0769. The summed E-state index contributed by atoms with van der Waals surface area (Å²) < 4.78 is 0. The lowest BCUT2D eigenvalue weighted by Gasteiger charge is -1.93. The van der Waals surface area contributed by atoms with Crippen LogP contribution in [0.2, 0.25) is 5.02 Å². The van der Waals surface area contributed by atoms with Crippen LogP contribution in [0.5, 0.6) is 0 Å². The summed E-state index contributed by atoms with van der Waals surface area (Å²) in [5.74, 6) is 0. The van der Waals surface area contributed by atoms with E-state index in [0.29, 0.717) is 0 Å². The van der Waals surface area contributed by atoms with E-state index in [1.165, 1.54) is 10.9 Å². The average Bonchev–Trinajstić information content (AvgIpc) is 2.25. The molecule has 0 aliphatic rings. The van der Waals surface area contributed by atoms with Gasteiger partial charge >= 0.3 is 0 Å². The van der Waals surface area contributed by atoms with Gasteiger partial charge in [0.15, 0.2) is 0 Å². The molecule has 78 valence electrons. The number of halogens is 1. The smallest absolute Gasteiger partial charge is 0.0405 e. The number of hydrogen-bond acceptors (Lipinski definition) is 0. The van der Waals surface area contributed by atoms with Crippen LogP contribution in [-0.2, 0) is 0 Å². The topological polar surface area (TPSA) is 0 Å². The molecule has 0 saturated heterocycles. The van der Waals surface area contributed by atoms with E-state index in [2.05, 4.69) is 28.3 Å². The summed E-state index contributed by atoms with van der Waals surface area (Å²) in [4.78, 5) is 0. The second-order valence-electron chi connectivity index (χ2n) is 3.15. The Morgan fingerprint density at radius 1 is 0.867 bits per heavy atom. The number of hydrogen-bond donors (Lipinski definition) is 0. The van der Waals surface area contributed by atoms with Gasteiger partial charge in [-0.2, -0.15) is 0 Å². The first-order valence-corrected chi connectivity index (χ1v) is 5.67. The van der Waals surface area contributed by atoms with Crippen LogP contribution in [-0.4, -0.2) is 0 Å². The molecule has 0 amide bonds. The molecule has 0 bridgehead atoms. The van der Waals surface area contributed by atoms with Gasteiger partial charge in [0.25, 0.3) is 0 Å². The van der Waals surface area contributed by atoms with Crippen molar-refractivity contribution in [2.75, 3.05) is 0 Å². The summed E-state index contributed by atoms with van der Waals surface area (Å²) in [5, 5.41) is 2.08. The highest BCUT2D eigenvalue weighted by atomic mass is 35.5. The van der Waals surface area contributed by atoms with E-state index in [9.17, 15) is 0 Å². The first-order valence-electron chi connectivity index (χ1n) is 4.72. The molecule has 1 unspecified atom stereocenters. The maximum absolute atomic E-state index is 5.54. The zero-order valence-electron chi connectivity index (χ0n) is 8.65. The van der Waals surface area contributed by atoms with Gasteiger partial charge < -0.3 is 0 Å². The van der Waals surface area contributed by atoms with E-state index < -0.39 is 0 Å². The van der Waals surface area contributed by atoms with Crippen molar-refractivity contribution in [3.05, 3.63) is 65.2 Å². The van der Waals surface area contributed by atoms with Gasteiger partial charge in [-0.3, -0.25) is 0 Å². The lowest BCUT2D eigenvalue weighted by Crippen LogP contribution is -1.92.